The molecule has 9 nitrogen and oxygen atoms in total. The highest BCUT2D eigenvalue weighted by molar-refractivity contribution is 5.90. The minimum absolute atomic E-state index is 0.0616. The minimum atomic E-state index is -0.618. The zero-order chi connectivity index (χ0) is 24.1. The average Bonchev–Trinajstić information content (AvgIpc) is 3.11. The molecule has 0 saturated carbocycles. The third-order valence-corrected chi connectivity index (χ3v) is 6.62. The van der Waals surface area contributed by atoms with Crippen LogP contribution in [0.25, 0.3) is 21.9 Å². The van der Waals surface area contributed by atoms with Gasteiger partial charge in [-0.2, -0.15) is 5.10 Å². The third-order valence-electron chi connectivity index (χ3n) is 6.62. The number of anilines is 3. The summed E-state index contributed by atoms with van der Waals surface area (Å²) in [7, 11) is 0. The van der Waals surface area contributed by atoms with Crippen molar-refractivity contribution in [3.05, 3.63) is 59.4 Å². The predicted molar refractivity (Wildman–Crippen MR) is 130 cm³/mol. The molecule has 35 heavy (non-hydrogen) atoms. The fraction of sp³-hybridized carbons (Fsp3) is 0.280. The number of nitrogens with zero attached hydrogens (tertiary/aromatic N) is 4. The van der Waals surface area contributed by atoms with Crippen molar-refractivity contribution in [3.63, 3.8) is 0 Å². The number of aliphatic hydroxyl groups is 1. The molecule has 2 aliphatic rings. The van der Waals surface area contributed by atoms with E-state index >= 15 is 4.39 Å². The first-order chi connectivity index (χ1) is 17.0. The monoisotopic (exact) mass is 473 g/mol. The van der Waals surface area contributed by atoms with Crippen LogP contribution in [0.3, 0.4) is 0 Å². The molecule has 1 atom stereocenters. The number of carbonyl (C=O) groups is 1. The lowest BCUT2D eigenvalue weighted by Gasteiger charge is -2.25. The standard InChI is InChI=1S/C25H24FN7O2/c1-13-18(11-30-25-20(34)3-5-28-24(13)25)17-6-14-8-21(29-10-15(14)7-19(17)26)31-22-9-16-2-4-27-23(35)12-33(16)32-22/h6-11,20,28,34H,2-5,12H2,1H3,(H,27,35)(H,29,31,32)/t20-/m0/s1. The Kier molecular flexibility index (Phi) is 5.10. The average molecular weight is 474 g/mol. The zero-order valence-electron chi connectivity index (χ0n) is 19.1. The van der Waals surface area contributed by atoms with Crippen LogP contribution in [-0.4, -0.2) is 43.9 Å². The smallest absolute Gasteiger partial charge is 0.241 e. The minimum Gasteiger partial charge on any atom is -0.387 e. The van der Waals surface area contributed by atoms with E-state index in [4.69, 9.17) is 0 Å². The summed E-state index contributed by atoms with van der Waals surface area (Å²) >= 11 is 0. The molecular weight excluding hydrogens is 449 g/mol. The number of halogens is 1. The lowest BCUT2D eigenvalue weighted by molar-refractivity contribution is -0.121. The maximum atomic E-state index is 15.2. The first-order valence-corrected chi connectivity index (χ1v) is 11.6. The van der Waals surface area contributed by atoms with Gasteiger partial charge in [-0.15, -0.1) is 0 Å². The maximum absolute atomic E-state index is 15.2. The fourth-order valence-corrected chi connectivity index (χ4v) is 4.79. The zero-order valence-corrected chi connectivity index (χ0v) is 19.1. The van der Waals surface area contributed by atoms with E-state index in [0.29, 0.717) is 59.8 Å². The number of aromatic nitrogens is 4. The van der Waals surface area contributed by atoms with Crippen LogP contribution in [0.5, 0.6) is 0 Å². The number of rotatable bonds is 3. The van der Waals surface area contributed by atoms with Crippen molar-refractivity contribution >= 4 is 34.0 Å². The molecule has 2 aliphatic heterocycles. The Morgan fingerprint density at radius 1 is 1.06 bits per heavy atom. The van der Waals surface area contributed by atoms with Gasteiger partial charge in [0.15, 0.2) is 5.82 Å². The normalized spacial score (nSPS) is 17.2. The Morgan fingerprint density at radius 3 is 2.83 bits per heavy atom. The summed E-state index contributed by atoms with van der Waals surface area (Å²) in [5, 5.41) is 25.5. The van der Waals surface area contributed by atoms with Crippen LogP contribution in [0.2, 0.25) is 0 Å². The Labute approximate surface area is 200 Å². The van der Waals surface area contributed by atoms with Crippen molar-refractivity contribution < 1.29 is 14.3 Å². The molecule has 0 radical (unpaired) electrons. The topological polar surface area (TPSA) is 117 Å². The number of fused-ring (bicyclic) bond motifs is 3. The van der Waals surface area contributed by atoms with Crippen LogP contribution >= 0.6 is 0 Å². The molecule has 3 aromatic heterocycles. The summed E-state index contributed by atoms with van der Waals surface area (Å²) < 4.78 is 16.8. The van der Waals surface area contributed by atoms with Gasteiger partial charge in [-0.05, 0) is 42.5 Å². The van der Waals surface area contributed by atoms with E-state index in [0.717, 1.165) is 22.3 Å². The molecule has 6 rings (SSSR count). The van der Waals surface area contributed by atoms with Gasteiger partial charge in [0.25, 0.3) is 0 Å². The molecule has 178 valence electrons. The lowest BCUT2D eigenvalue weighted by atomic mass is 9.95. The summed E-state index contributed by atoms with van der Waals surface area (Å²) in [4.78, 5) is 20.6. The van der Waals surface area contributed by atoms with Gasteiger partial charge in [-0.3, -0.25) is 14.5 Å². The van der Waals surface area contributed by atoms with E-state index in [9.17, 15) is 9.90 Å². The highest BCUT2D eigenvalue weighted by atomic mass is 19.1. The number of benzene rings is 1. The first kappa shape index (κ1) is 21.5. The quantitative estimate of drug-likeness (QED) is 0.361. The van der Waals surface area contributed by atoms with Gasteiger partial charge in [0.1, 0.15) is 18.2 Å². The molecule has 0 fully saturated rings. The molecule has 0 aliphatic carbocycles. The Hall–Kier alpha value is -4.05. The number of carbonyl (C=O) groups excluding carboxylic acids is 1. The van der Waals surface area contributed by atoms with Crippen LogP contribution in [-0.2, 0) is 17.8 Å². The molecule has 0 unspecified atom stereocenters. The molecule has 1 amide bonds. The molecule has 4 N–H and O–H groups in total. The number of hydrogen-bond donors (Lipinski definition) is 4. The highest BCUT2D eigenvalue weighted by Gasteiger charge is 2.23. The SMILES string of the molecule is Cc1c(-c2cc3cc(Nc4cc5n(n4)CC(=O)NCC5)ncc3cc2F)cnc2c1NCC[C@@H]2O. The summed E-state index contributed by atoms with van der Waals surface area (Å²) in [5.41, 5.74) is 4.29. The van der Waals surface area contributed by atoms with Crippen LogP contribution in [0.1, 0.15) is 29.5 Å². The molecule has 10 heteroatoms. The molecule has 0 spiro atoms. The van der Waals surface area contributed by atoms with Crippen LogP contribution < -0.4 is 16.0 Å². The summed E-state index contributed by atoms with van der Waals surface area (Å²) in [6, 6.07) is 7.02. The fourth-order valence-electron chi connectivity index (χ4n) is 4.79. The van der Waals surface area contributed by atoms with Crippen LogP contribution in [0.15, 0.2) is 36.7 Å². The molecule has 4 aromatic rings. The van der Waals surface area contributed by atoms with Gasteiger partial charge in [0.05, 0.1) is 17.5 Å². The second-order valence-corrected chi connectivity index (χ2v) is 8.94. The molecular formula is C25H24FN7O2. The van der Waals surface area contributed by atoms with E-state index in [1.165, 1.54) is 6.07 Å². The van der Waals surface area contributed by atoms with Gasteiger partial charge in [-0.25, -0.2) is 9.37 Å². The summed E-state index contributed by atoms with van der Waals surface area (Å²) in [6.07, 6.45) is 3.93. The van der Waals surface area contributed by atoms with Crippen LogP contribution in [0.4, 0.5) is 21.7 Å². The number of amides is 1. The van der Waals surface area contributed by atoms with Crippen molar-refractivity contribution in [1.82, 2.24) is 25.1 Å². The van der Waals surface area contributed by atoms with E-state index in [1.807, 2.05) is 19.1 Å². The van der Waals surface area contributed by atoms with Crippen molar-refractivity contribution in [2.75, 3.05) is 23.7 Å². The highest BCUT2D eigenvalue weighted by Crippen LogP contribution is 2.38. The maximum Gasteiger partial charge on any atom is 0.241 e. The van der Waals surface area contributed by atoms with Crippen molar-refractivity contribution in [1.29, 1.82) is 0 Å². The van der Waals surface area contributed by atoms with E-state index in [-0.39, 0.29) is 18.3 Å². The Bertz CT molecular complexity index is 1480. The van der Waals surface area contributed by atoms with Crippen LogP contribution in [0, 0.1) is 12.7 Å². The second-order valence-electron chi connectivity index (χ2n) is 8.94. The largest absolute Gasteiger partial charge is 0.387 e. The Morgan fingerprint density at radius 2 is 1.94 bits per heavy atom. The van der Waals surface area contributed by atoms with E-state index < -0.39 is 6.10 Å². The molecule has 0 bridgehead atoms. The molecule has 5 heterocycles. The third kappa shape index (κ3) is 3.85. The number of pyridine rings is 2. The van der Waals surface area contributed by atoms with Gasteiger partial charge < -0.3 is 21.1 Å². The number of aliphatic hydroxyl groups excluding tert-OH is 1. The van der Waals surface area contributed by atoms with Gasteiger partial charge >= 0.3 is 0 Å². The summed E-state index contributed by atoms with van der Waals surface area (Å²) in [6.45, 7) is 3.32. The molecule has 1 aromatic carbocycles. The predicted octanol–water partition coefficient (Wildman–Crippen LogP) is 3.21. The van der Waals surface area contributed by atoms with Gasteiger partial charge in [0, 0.05) is 60.2 Å². The number of hydrogen-bond acceptors (Lipinski definition) is 7. The molecule has 0 saturated heterocycles. The summed E-state index contributed by atoms with van der Waals surface area (Å²) in [5.74, 6) is 0.742. The lowest BCUT2D eigenvalue weighted by Crippen LogP contribution is -2.25. The van der Waals surface area contributed by atoms with Gasteiger partial charge in [-0.1, -0.05) is 0 Å². The number of nitrogens with one attached hydrogen (secondary N) is 3. The first-order valence-electron chi connectivity index (χ1n) is 11.6. The van der Waals surface area contributed by atoms with Gasteiger partial charge in [0.2, 0.25) is 5.91 Å². The van der Waals surface area contributed by atoms with Crippen molar-refractivity contribution in [3.8, 4) is 11.1 Å². The van der Waals surface area contributed by atoms with E-state index in [2.05, 4.69) is 31.0 Å². The second kappa shape index (κ2) is 8.31. The van der Waals surface area contributed by atoms with Crippen molar-refractivity contribution in [2.24, 2.45) is 0 Å². The van der Waals surface area contributed by atoms with E-state index in [1.54, 1.807) is 23.1 Å². The van der Waals surface area contributed by atoms with Crippen molar-refractivity contribution in [2.45, 2.75) is 32.4 Å². The Balaban J connectivity index is 1.35.